The molecule has 0 atom stereocenters. The highest BCUT2D eigenvalue weighted by Gasteiger charge is 2.30. The second-order valence-electron chi connectivity index (χ2n) is 4.20. The molecule has 0 amide bonds. The fourth-order valence-electron chi connectivity index (χ4n) is 2.26. The summed E-state index contributed by atoms with van der Waals surface area (Å²) in [5.41, 5.74) is -0.704. The Bertz CT molecular complexity index is 884. The standard InChI is InChI=1S/C12H7N3O5/c16-12-9(14(17)18)5-7-6-3-1-2-4-8(6)13-10(7)11(12)15(19)20/h1-5,13,16H. The number of aromatic hydroxyl groups is 1. The van der Waals surface area contributed by atoms with Gasteiger partial charge in [0.15, 0.2) is 0 Å². The molecule has 0 spiro atoms. The van der Waals surface area contributed by atoms with Crippen molar-refractivity contribution in [2.24, 2.45) is 0 Å². The highest BCUT2D eigenvalue weighted by Crippen LogP contribution is 2.43. The second kappa shape index (κ2) is 3.92. The first-order valence-corrected chi connectivity index (χ1v) is 5.56. The summed E-state index contributed by atoms with van der Waals surface area (Å²) in [4.78, 5) is 23.1. The summed E-state index contributed by atoms with van der Waals surface area (Å²) >= 11 is 0. The zero-order valence-electron chi connectivity index (χ0n) is 9.86. The van der Waals surface area contributed by atoms with Gasteiger partial charge in [-0.3, -0.25) is 20.2 Å². The van der Waals surface area contributed by atoms with Crippen molar-refractivity contribution in [3.63, 3.8) is 0 Å². The number of para-hydroxylation sites is 1. The smallest absolute Gasteiger partial charge is 0.341 e. The number of hydrogen-bond acceptors (Lipinski definition) is 5. The molecule has 2 aromatic carbocycles. The second-order valence-corrected chi connectivity index (χ2v) is 4.20. The number of rotatable bonds is 2. The van der Waals surface area contributed by atoms with Crippen LogP contribution in [-0.4, -0.2) is 19.9 Å². The third kappa shape index (κ3) is 1.48. The van der Waals surface area contributed by atoms with Gasteiger partial charge in [-0.1, -0.05) is 18.2 Å². The van der Waals surface area contributed by atoms with Crippen LogP contribution in [0.15, 0.2) is 30.3 Å². The van der Waals surface area contributed by atoms with E-state index >= 15 is 0 Å². The average Bonchev–Trinajstić information content (AvgIpc) is 2.74. The molecule has 0 aliphatic heterocycles. The van der Waals surface area contributed by atoms with Gasteiger partial charge >= 0.3 is 11.4 Å². The molecule has 2 N–H and O–H groups in total. The van der Waals surface area contributed by atoms with E-state index in [1.165, 1.54) is 0 Å². The summed E-state index contributed by atoms with van der Waals surface area (Å²) < 4.78 is 0. The lowest BCUT2D eigenvalue weighted by molar-refractivity contribution is -0.394. The number of benzene rings is 2. The van der Waals surface area contributed by atoms with Crippen LogP contribution in [0.5, 0.6) is 5.75 Å². The lowest BCUT2D eigenvalue weighted by Crippen LogP contribution is -1.95. The average molecular weight is 273 g/mol. The lowest BCUT2D eigenvalue weighted by Gasteiger charge is -1.99. The molecule has 3 rings (SSSR count). The van der Waals surface area contributed by atoms with Crippen molar-refractivity contribution in [2.45, 2.75) is 0 Å². The van der Waals surface area contributed by atoms with Crippen molar-refractivity contribution in [1.29, 1.82) is 0 Å². The number of nitrogens with one attached hydrogen (secondary N) is 1. The summed E-state index contributed by atoms with van der Waals surface area (Å²) in [7, 11) is 0. The number of nitrogens with zero attached hydrogens (tertiary/aromatic N) is 2. The molecule has 0 unspecified atom stereocenters. The molecule has 1 heterocycles. The number of H-pyrrole nitrogens is 1. The van der Waals surface area contributed by atoms with E-state index < -0.39 is 27.0 Å². The molecule has 3 aromatic rings. The Balaban J connectivity index is 2.58. The Hall–Kier alpha value is -3.16. The van der Waals surface area contributed by atoms with Gasteiger partial charge in [-0.05, 0) is 6.07 Å². The highest BCUT2D eigenvalue weighted by atomic mass is 16.6. The first-order chi connectivity index (χ1) is 9.50. The highest BCUT2D eigenvalue weighted by molar-refractivity contribution is 6.12. The molecule has 0 fully saturated rings. The maximum Gasteiger partial charge on any atom is 0.341 e. The van der Waals surface area contributed by atoms with Crippen molar-refractivity contribution < 1.29 is 15.0 Å². The van der Waals surface area contributed by atoms with Gasteiger partial charge in [0.25, 0.3) is 5.75 Å². The van der Waals surface area contributed by atoms with Crippen LogP contribution in [0.2, 0.25) is 0 Å². The van der Waals surface area contributed by atoms with Crippen LogP contribution in [-0.2, 0) is 0 Å². The van der Waals surface area contributed by atoms with E-state index in [0.717, 1.165) is 6.07 Å². The van der Waals surface area contributed by atoms with Gasteiger partial charge in [-0.15, -0.1) is 0 Å². The Morgan fingerprint density at radius 1 is 1.05 bits per heavy atom. The van der Waals surface area contributed by atoms with E-state index in [0.29, 0.717) is 16.3 Å². The Kier molecular flexibility index (Phi) is 2.33. The summed E-state index contributed by atoms with van der Waals surface area (Å²) in [6.45, 7) is 0. The van der Waals surface area contributed by atoms with Crippen molar-refractivity contribution in [1.82, 2.24) is 4.98 Å². The minimum absolute atomic E-state index is 0.0688. The van der Waals surface area contributed by atoms with Gasteiger partial charge in [-0.25, -0.2) is 0 Å². The van der Waals surface area contributed by atoms with Crippen LogP contribution in [0.4, 0.5) is 11.4 Å². The normalized spacial score (nSPS) is 11.0. The number of nitro groups is 2. The number of fused-ring (bicyclic) bond motifs is 3. The minimum atomic E-state index is -0.945. The summed E-state index contributed by atoms with van der Waals surface area (Å²) in [5.74, 6) is -0.945. The van der Waals surface area contributed by atoms with E-state index in [4.69, 9.17) is 0 Å². The third-order valence-corrected chi connectivity index (χ3v) is 3.11. The predicted octanol–water partition coefficient (Wildman–Crippen LogP) is 2.84. The molecule has 0 saturated carbocycles. The van der Waals surface area contributed by atoms with Crippen molar-refractivity contribution >= 4 is 33.2 Å². The molecule has 1 aromatic heterocycles. The van der Waals surface area contributed by atoms with Gasteiger partial charge in [0.2, 0.25) is 0 Å². The molecule has 8 heteroatoms. The quantitative estimate of drug-likeness (QED) is 0.549. The van der Waals surface area contributed by atoms with E-state index in [-0.39, 0.29) is 5.52 Å². The maximum atomic E-state index is 11.1. The SMILES string of the molecule is O=[N+]([O-])c1cc2c([nH]c3ccccc32)c([N+](=O)[O-])c1O. The molecule has 0 aliphatic rings. The first kappa shape index (κ1) is 11.9. The van der Waals surface area contributed by atoms with Crippen molar-refractivity contribution in [3.8, 4) is 5.75 Å². The Morgan fingerprint density at radius 3 is 2.40 bits per heavy atom. The van der Waals surface area contributed by atoms with Crippen molar-refractivity contribution in [3.05, 3.63) is 50.6 Å². The molecule has 0 radical (unpaired) electrons. The van der Waals surface area contributed by atoms with Gasteiger partial charge in [0.1, 0.15) is 5.52 Å². The Labute approximate surface area is 110 Å². The molecule has 20 heavy (non-hydrogen) atoms. The fourth-order valence-corrected chi connectivity index (χ4v) is 2.26. The largest absolute Gasteiger partial charge is 0.497 e. The monoisotopic (exact) mass is 273 g/mol. The van der Waals surface area contributed by atoms with Crippen LogP contribution < -0.4 is 0 Å². The van der Waals surface area contributed by atoms with E-state index in [1.54, 1.807) is 24.3 Å². The van der Waals surface area contributed by atoms with Crippen LogP contribution in [0.1, 0.15) is 0 Å². The molecule has 0 aliphatic carbocycles. The van der Waals surface area contributed by atoms with E-state index in [9.17, 15) is 25.3 Å². The zero-order valence-corrected chi connectivity index (χ0v) is 9.86. The van der Waals surface area contributed by atoms with Gasteiger partial charge in [0, 0.05) is 22.4 Å². The first-order valence-electron chi connectivity index (χ1n) is 5.56. The number of phenolic OH excluding ortho intramolecular Hbond substituents is 1. The van der Waals surface area contributed by atoms with Gasteiger partial charge in [0.05, 0.1) is 9.85 Å². The zero-order chi connectivity index (χ0) is 14.4. The molecule has 8 nitrogen and oxygen atoms in total. The lowest BCUT2D eigenvalue weighted by atomic mass is 10.1. The summed E-state index contributed by atoms with van der Waals surface area (Å²) in [5, 5.41) is 32.7. The number of aromatic amines is 1. The molecule has 0 saturated heterocycles. The molecular weight excluding hydrogens is 266 g/mol. The van der Waals surface area contributed by atoms with Crippen molar-refractivity contribution in [2.75, 3.05) is 0 Å². The fraction of sp³-hybridized carbons (Fsp3) is 0. The number of nitro benzene ring substituents is 2. The van der Waals surface area contributed by atoms with Gasteiger partial charge < -0.3 is 10.1 Å². The maximum absolute atomic E-state index is 11.1. The van der Waals surface area contributed by atoms with E-state index in [2.05, 4.69) is 4.98 Å². The van der Waals surface area contributed by atoms with E-state index in [1.807, 2.05) is 0 Å². The molecule has 100 valence electrons. The van der Waals surface area contributed by atoms with Crippen LogP contribution in [0.3, 0.4) is 0 Å². The van der Waals surface area contributed by atoms with Crippen LogP contribution >= 0.6 is 0 Å². The summed E-state index contributed by atoms with van der Waals surface area (Å²) in [6.07, 6.45) is 0. The topological polar surface area (TPSA) is 122 Å². The van der Waals surface area contributed by atoms with Crippen LogP contribution in [0.25, 0.3) is 21.8 Å². The van der Waals surface area contributed by atoms with Crippen LogP contribution in [0, 0.1) is 20.2 Å². The summed E-state index contributed by atoms with van der Waals surface area (Å²) in [6, 6.07) is 7.98. The number of hydrogen-bond donors (Lipinski definition) is 2. The number of aromatic nitrogens is 1. The minimum Gasteiger partial charge on any atom is -0.497 e. The van der Waals surface area contributed by atoms with Gasteiger partial charge in [-0.2, -0.15) is 0 Å². The Morgan fingerprint density at radius 2 is 1.75 bits per heavy atom. The third-order valence-electron chi connectivity index (χ3n) is 3.11. The number of phenols is 1. The predicted molar refractivity (Wildman–Crippen MR) is 70.8 cm³/mol. The molecule has 0 bridgehead atoms. The molecular formula is C12H7N3O5.